The van der Waals surface area contributed by atoms with E-state index in [0.29, 0.717) is 12.4 Å². The molecule has 1 saturated heterocycles. The summed E-state index contributed by atoms with van der Waals surface area (Å²) in [6.45, 7) is 1.27. The molecule has 0 saturated carbocycles. The van der Waals surface area contributed by atoms with Gasteiger partial charge in [0, 0.05) is 13.2 Å². The van der Waals surface area contributed by atoms with Crippen LogP contribution in [0.3, 0.4) is 0 Å². The lowest BCUT2D eigenvalue weighted by Crippen LogP contribution is -2.35. The lowest BCUT2D eigenvalue weighted by Gasteiger charge is -2.22. The predicted octanol–water partition coefficient (Wildman–Crippen LogP) is 0.0611. The Hall–Kier alpha value is -1.73. The SMILES string of the molecule is NNc1cncc(C(=O)NCC2CCCCO2)n1. The molecule has 98 valence electrons. The van der Waals surface area contributed by atoms with E-state index in [-0.39, 0.29) is 17.7 Å². The van der Waals surface area contributed by atoms with Gasteiger partial charge in [-0.3, -0.25) is 9.78 Å². The van der Waals surface area contributed by atoms with Crippen molar-refractivity contribution < 1.29 is 9.53 Å². The molecule has 1 amide bonds. The van der Waals surface area contributed by atoms with E-state index in [2.05, 4.69) is 20.7 Å². The maximum absolute atomic E-state index is 11.8. The second kappa shape index (κ2) is 6.27. The molecule has 1 aromatic rings. The molecule has 0 radical (unpaired) electrons. The van der Waals surface area contributed by atoms with Crippen molar-refractivity contribution in [2.24, 2.45) is 5.84 Å². The Bertz CT molecular complexity index is 406. The van der Waals surface area contributed by atoms with Crippen molar-refractivity contribution >= 4 is 11.7 Å². The summed E-state index contributed by atoms with van der Waals surface area (Å²) in [4.78, 5) is 19.7. The Balaban J connectivity index is 1.86. The third-order valence-corrected chi connectivity index (χ3v) is 2.78. The first-order valence-corrected chi connectivity index (χ1v) is 5.98. The molecule has 0 aromatic carbocycles. The molecular weight excluding hydrogens is 234 g/mol. The van der Waals surface area contributed by atoms with Gasteiger partial charge >= 0.3 is 0 Å². The fourth-order valence-corrected chi connectivity index (χ4v) is 1.81. The van der Waals surface area contributed by atoms with Gasteiger partial charge in [-0.1, -0.05) is 0 Å². The van der Waals surface area contributed by atoms with Crippen LogP contribution in [0.25, 0.3) is 0 Å². The zero-order valence-corrected chi connectivity index (χ0v) is 10.1. The number of aromatic nitrogens is 2. The van der Waals surface area contributed by atoms with E-state index in [1.54, 1.807) is 0 Å². The number of hydrogen-bond donors (Lipinski definition) is 3. The van der Waals surface area contributed by atoms with Gasteiger partial charge in [-0.25, -0.2) is 10.8 Å². The largest absolute Gasteiger partial charge is 0.376 e. The summed E-state index contributed by atoms with van der Waals surface area (Å²) >= 11 is 0. The minimum Gasteiger partial charge on any atom is -0.376 e. The number of carbonyl (C=O) groups is 1. The van der Waals surface area contributed by atoms with Crippen LogP contribution in [0.15, 0.2) is 12.4 Å². The molecular formula is C11H17N5O2. The maximum Gasteiger partial charge on any atom is 0.271 e. The molecule has 4 N–H and O–H groups in total. The van der Waals surface area contributed by atoms with Crippen LogP contribution < -0.4 is 16.6 Å². The highest BCUT2D eigenvalue weighted by atomic mass is 16.5. The molecule has 2 rings (SSSR count). The third-order valence-electron chi connectivity index (χ3n) is 2.78. The molecule has 0 aliphatic carbocycles. The molecule has 7 nitrogen and oxygen atoms in total. The van der Waals surface area contributed by atoms with Gasteiger partial charge in [-0.05, 0) is 19.3 Å². The van der Waals surface area contributed by atoms with E-state index in [9.17, 15) is 4.79 Å². The van der Waals surface area contributed by atoms with Gasteiger partial charge in [0.15, 0.2) is 5.82 Å². The van der Waals surface area contributed by atoms with Crippen LogP contribution in [0.1, 0.15) is 29.8 Å². The number of nitrogens with zero attached hydrogens (tertiary/aromatic N) is 2. The highest BCUT2D eigenvalue weighted by Gasteiger charge is 2.16. The molecule has 2 heterocycles. The number of carbonyl (C=O) groups excluding carboxylic acids is 1. The van der Waals surface area contributed by atoms with Gasteiger partial charge in [0.25, 0.3) is 5.91 Å². The number of hydrazine groups is 1. The topological polar surface area (TPSA) is 102 Å². The van der Waals surface area contributed by atoms with Crippen molar-refractivity contribution in [1.82, 2.24) is 15.3 Å². The molecule has 1 aliphatic rings. The summed E-state index contributed by atoms with van der Waals surface area (Å²) in [7, 11) is 0. The number of nitrogens with two attached hydrogens (primary N) is 1. The fraction of sp³-hybridized carbons (Fsp3) is 0.545. The minimum absolute atomic E-state index is 0.103. The molecule has 1 fully saturated rings. The van der Waals surface area contributed by atoms with Crippen molar-refractivity contribution in [1.29, 1.82) is 0 Å². The van der Waals surface area contributed by atoms with E-state index >= 15 is 0 Å². The Morgan fingerprint density at radius 1 is 1.50 bits per heavy atom. The van der Waals surface area contributed by atoms with Crippen LogP contribution in [0, 0.1) is 0 Å². The first-order chi connectivity index (χ1) is 8.79. The van der Waals surface area contributed by atoms with Crippen molar-refractivity contribution in [2.45, 2.75) is 25.4 Å². The van der Waals surface area contributed by atoms with Crippen LogP contribution in [0.4, 0.5) is 5.82 Å². The first-order valence-electron chi connectivity index (χ1n) is 5.98. The first kappa shape index (κ1) is 12.7. The van der Waals surface area contributed by atoms with Crippen molar-refractivity contribution in [3.8, 4) is 0 Å². The second-order valence-electron chi connectivity index (χ2n) is 4.13. The van der Waals surface area contributed by atoms with Gasteiger partial charge in [0.2, 0.25) is 0 Å². The Morgan fingerprint density at radius 2 is 2.39 bits per heavy atom. The minimum atomic E-state index is -0.270. The summed E-state index contributed by atoms with van der Waals surface area (Å²) in [5, 5.41) is 2.78. The number of nitrogen functional groups attached to an aromatic ring is 1. The van der Waals surface area contributed by atoms with E-state index in [0.717, 1.165) is 25.9 Å². The molecule has 0 bridgehead atoms. The molecule has 7 heteroatoms. The van der Waals surface area contributed by atoms with Crippen LogP contribution >= 0.6 is 0 Å². The van der Waals surface area contributed by atoms with Crippen molar-refractivity contribution in [3.05, 3.63) is 18.1 Å². The lowest BCUT2D eigenvalue weighted by atomic mass is 10.1. The molecule has 1 unspecified atom stereocenters. The Kier molecular flexibility index (Phi) is 4.43. The van der Waals surface area contributed by atoms with E-state index < -0.39 is 0 Å². The zero-order valence-electron chi connectivity index (χ0n) is 10.1. The standard InChI is InChI=1S/C11H17N5O2/c12-16-10-7-13-6-9(15-10)11(17)14-5-8-3-1-2-4-18-8/h6-8H,1-5,12H2,(H,14,17)(H,15,16). The summed E-state index contributed by atoms with van der Waals surface area (Å²) in [5.41, 5.74) is 2.59. The summed E-state index contributed by atoms with van der Waals surface area (Å²) in [5.74, 6) is 5.29. The van der Waals surface area contributed by atoms with Gasteiger partial charge in [-0.2, -0.15) is 0 Å². The van der Waals surface area contributed by atoms with Gasteiger partial charge in [0.1, 0.15) is 5.69 Å². The third kappa shape index (κ3) is 3.38. The number of anilines is 1. The highest BCUT2D eigenvalue weighted by Crippen LogP contribution is 2.11. The summed E-state index contributed by atoms with van der Waals surface area (Å²) in [6, 6.07) is 0. The molecule has 1 atom stereocenters. The van der Waals surface area contributed by atoms with Crippen LogP contribution in [-0.2, 0) is 4.74 Å². The average molecular weight is 251 g/mol. The summed E-state index contributed by atoms with van der Waals surface area (Å²) in [6.07, 6.45) is 6.17. The predicted molar refractivity (Wildman–Crippen MR) is 65.8 cm³/mol. The molecule has 1 aromatic heterocycles. The maximum atomic E-state index is 11.8. The summed E-state index contributed by atoms with van der Waals surface area (Å²) < 4.78 is 5.53. The number of amides is 1. The van der Waals surface area contributed by atoms with Crippen LogP contribution in [0.2, 0.25) is 0 Å². The number of nitrogens with one attached hydrogen (secondary N) is 2. The van der Waals surface area contributed by atoms with Gasteiger partial charge < -0.3 is 15.5 Å². The quantitative estimate of drug-likeness (QED) is 0.516. The second-order valence-corrected chi connectivity index (χ2v) is 4.13. The van der Waals surface area contributed by atoms with Crippen LogP contribution in [-0.4, -0.2) is 35.1 Å². The molecule has 0 spiro atoms. The van der Waals surface area contributed by atoms with Crippen molar-refractivity contribution in [2.75, 3.05) is 18.6 Å². The van der Waals surface area contributed by atoms with E-state index in [1.807, 2.05) is 0 Å². The molecule has 1 aliphatic heterocycles. The number of hydrogen-bond acceptors (Lipinski definition) is 6. The normalized spacial score (nSPS) is 19.3. The lowest BCUT2D eigenvalue weighted by molar-refractivity contribution is 0.0168. The Morgan fingerprint density at radius 3 is 3.11 bits per heavy atom. The van der Waals surface area contributed by atoms with Crippen molar-refractivity contribution in [3.63, 3.8) is 0 Å². The average Bonchev–Trinajstić information content (AvgIpc) is 2.46. The molecule has 18 heavy (non-hydrogen) atoms. The fourth-order valence-electron chi connectivity index (χ4n) is 1.81. The smallest absolute Gasteiger partial charge is 0.271 e. The van der Waals surface area contributed by atoms with E-state index in [1.165, 1.54) is 12.4 Å². The zero-order chi connectivity index (χ0) is 12.8. The van der Waals surface area contributed by atoms with Crippen LogP contribution in [0.5, 0.6) is 0 Å². The number of ether oxygens (including phenoxy) is 1. The Labute approximate surface area is 105 Å². The monoisotopic (exact) mass is 251 g/mol. The highest BCUT2D eigenvalue weighted by molar-refractivity contribution is 5.92. The van der Waals surface area contributed by atoms with Gasteiger partial charge in [-0.15, -0.1) is 0 Å². The van der Waals surface area contributed by atoms with Gasteiger partial charge in [0.05, 0.1) is 18.5 Å². The number of rotatable bonds is 4. The van der Waals surface area contributed by atoms with E-state index in [4.69, 9.17) is 10.6 Å².